The molecular formula is C18H23IN2O2. The third kappa shape index (κ3) is 2.81. The zero-order valence-electron chi connectivity index (χ0n) is 13.5. The first-order chi connectivity index (χ1) is 11.1. The molecule has 0 saturated carbocycles. The van der Waals surface area contributed by atoms with Crippen LogP contribution in [-0.2, 0) is 9.63 Å². The van der Waals surface area contributed by atoms with E-state index in [1.165, 1.54) is 15.6 Å². The van der Waals surface area contributed by atoms with Crippen LogP contribution in [0.2, 0.25) is 0 Å². The second-order valence-electron chi connectivity index (χ2n) is 7.01. The smallest absolute Gasteiger partial charge is 0.251 e. The van der Waals surface area contributed by atoms with Gasteiger partial charge in [-0.15, -0.1) is 0 Å². The summed E-state index contributed by atoms with van der Waals surface area (Å²) in [4.78, 5) is 21.2. The summed E-state index contributed by atoms with van der Waals surface area (Å²) in [6, 6.07) is 9.71. The molecule has 3 fully saturated rings. The molecule has 0 radical (unpaired) electrons. The van der Waals surface area contributed by atoms with E-state index in [1.807, 2.05) is 0 Å². The SMILES string of the molecule is CN1[C@H]2CC[C@@H]1[C@@H](C(=O)N1CCCO1)[C@@H](c1ccc(I)cc1)C2. The van der Waals surface area contributed by atoms with Crippen LogP contribution in [0.1, 0.15) is 37.2 Å². The molecule has 5 heteroatoms. The van der Waals surface area contributed by atoms with E-state index in [9.17, 15) is 4.79 Å². The van der Waals surface area contributed by atoms with Gasteiger partial charge in [0.05, 0.1) is 19.1 Å². The molecule has 3 heterocycles. The molecule has 0 aliphatic carbocycles. The lowest BCUT2D eigenvalue weighted by Gasteiger charge is -2.43. The van der Waals surface area contributed by atoms with Crippen LogP contribution in [0.5, 0.6) is 0 Å². The summed E-state index contributed by atoms with van der Waals surface area (Å²) in [5, 5.41) is 1.64. The van der Waals surface area contributed by atoms with E-state index in [0.717, 1.165) is 25.8 Å². The molecule has 3 aliphatic rings. The summed E-state index contributed by atoms with van der Waals surface area (Å²) < 4.78 is 1.24. The molecule has 4 nitrogen and oxygen atoms in total. The Morgan fingerprint density at radius 3 is 2.74 bits per heavy atom. The van der Waals surface area contributed by atoms with Crippen LogP contribution < -0.4 is 0 Å². The van der Waals surface area contributed by atoms with Gasteiger partial charge in [0.2, 0.25) is 0 Å². The molecular weight excluding hydrogens is 403 g/mol. The van der Waals surface area contributed by atoms with Crippen molar-refractivity contribution in [1.29, 1.82) is 0 Å². The normalized spacial score (nSPS) is 34.1. The third-order valence-corrected chi connectivity index (χ3v) is 6.57. The monoisotopic (exact) mass is 426 g/mol. The molecule has 3 saturated heterocycles. The van der Waals surface area contributed by atoms with Gasteiger partial charge in [0.15, 0.2) is 0 Å². The molecule has 4 atom stereocenters. The number of hydroxylamine groups is 2. The quantitative estimate of drug-likeness (QED) is 0.682. The van der Waals surface area contributed by atoms with Gasteiger partial charge in [0.1, 0.15) is 0 Å². The minimum atomic E-state index is 0.0249. The van der Waals surface area contributed by atoms with Gasteiger partial charge in [-0.3, -0.25) is 14.5 Å². The Labute approximate surface area is 151 Å². The number of carbonyl (C=O) groups excluding carboxylic acids is 1. The highest BCUT2D eigenvalue weighted by atomic mass is 127. The molecule has 1 aromatic rings. The molecule has 23 heavy (non-hydrogen) atoms. The highest BCUT2D eigenvalue weighted by Gasteiger charge is 2.50. The highest BCUT2D eigenvalue weighted by molar-refractivity contribution is 14.1. The number of halogens is 1. The maximum Gasteiger partial charge on any atom is 0.251 e. The number of benzene rings is 1. The fourth-order valence-corrected chi connectivity index (χ4v) is 5.00. The predicted octanol–water partition coefficient (Wildman–Crippen LogP) is 3.02. The van der Waals surface area contributed by atoms with Gasteiger partial charge in [-0.2, -0.15) is 0 Å². The van der Waals surface area contributed by atoms with Crippen LogP contribution in [-0.4, -0.2) is 48.2 Å². The number of carbonyl (C=O) groups is 1. The molecule has 124 valence electrons. The maximum absolute atomic E-state index is 13.2. The van der Waals surface area contributed by atoms with Crippen molar-refractivity contribution in [1.82, 2.24) is 9.96 Å². The van der Waals surface area contributed by atoms with Gasteiger partial charge in [-0.05, 0) is 78.9 Å². The summed E-state index contributed by atoms with van der Waals surface area (Å²) >= 11 is 2.34. The summed E-state index contributed by atoms with van der Waals surface area (Å²) in [7, 11) is 2.19. The summed E-state index contributed by atoms with van der Waals surface area (Å²) in [5.41, 5.74) is 1.31. The predicted molar refractivity (Wildman–Crippen MR) is 96.9 cm³/mol. The van der Waals surface area contributed by atoms with Crippen LogP contribution in [0.15, 0.2) is 24.3 Å². The van der Waals surface area contributed by atoms with Crippen LogP contribution in [0.3, 0.4) is 0 Å². The zero-order chi connectivity index (χ0) is 16.0. The second kappa shape index (κ2) is 6.33. The Morgan fingerprint density at radius 1 is 1.26 bits per heavy atom. The van der Waals surface area contributed by atoms with E-state index < -0.39 is 0 Å². The van der Waals surface area contributed by atoms with E-state index in [1.54, 1.807) is 5.06 Å². The number of piperidine rings is 1. The van der Waals surface area contributed by atoms with Crippen LogP contribution in [0.25, 0.3) is 0 Å². The fourth-order valence-electron chi connectivity index (χ4n) is 4.64. The van der Waals surface area contributed by atoms with Crippen molar-refractivity contribution in [3.8, 4) is 0 Å². The van der Waals surface area contributed by atoms with Crippen LogP contribution >= 0.6 is 22.6 Å². The van der Waals surface area contributed by atoms with Crippen molar-refractivity contribution in [3.05, 3.63) is 33.4 Å². The van der Waals surface area contributed by atoms with Gasteiger partial charge in [0, 0.05) is 15.7 Å². The second-order valence-corrected chi connectivity index (χ2v) is 8.26. The van der Waals surface area contributed by atoms with Crippen LogP contribution in [0.4, 0.5) is 0 Å². The fraction of sp³-hybridized carbons (Fsp3) is 0.611. The number of rotatable bonds is 2. The van der Waals surface area contributed by atoms with Crippen molar-refractivity contribution in [3.63, 3.8) is 0 Å². The Balaban J connectivity index is 1.67. The molecule has 0 unspecified atom stereocenters. The molecule has 3 aliphatic heterocycles. The van der Waals surface area contributed by atoms with Gasteiger partial charge in [-0.25, -0.2) is 5.06 Å². The lowest BCUT2D eigenvalue weighted by Crippen LogP contribution is -2.51. The summed E-state index contributed by atoms with van der Waals surface area (Å²) in [5.74, 6) is 0.539. The van der Waals surface area contributed by atoms with E-state index in [0.29, 0.717) is 24.6 Å². The Hall–Kier alpha value is -0.660. The molecule has 0 spiro atoms. The number of nitrogens with zero attached hydrogens (tertiary/aromatic N) is 2. The average Bonchev–Trinajstić information content (AvgIpc) is 3.15. The largest absolute Gasteiger partial charge is 0.300 e. The van der Waals surface area contributed by atoms with Crippen molar-refractivity contribution < 1.29 is 9.63 Å². The third-order valence-electron chi connectivity index (χ3n) is 5.85. The highest BCUT2D eigenvalue weighted by Crippen LogP contribution is 2.47. The van der Waals surface area contributed by atoms with Crippen molar-refractivity contribution in [2.24, 2.45) is 5.92 Å². The first-order valence-corrected chi connectivity index (χ1v) is 9.64. The number of hydrogen-bond donors (Lipinski definition) is 0. The van der Waals surface area contributed by atoms with E-state index in [-0.39, 0.29) is 11.8 Å². The van der Waals surface area contributed by atoms with Gasteiger partial charge < -0.3 is 0 Å². The minimum absolute atomic E-state index is 0.0249. The van der Waals surface area contributed by atoms with Crippen LogP contribution in [0, 0.1) is 9.49 Å². The van der Waals surface area contributed by atoms with E-state index in [4.69, 9.17) is 4.84 Å². The molecule has 2 bridgehead atoms. The lowest BCUT2D eigenvalue weighted by atomic mass is 9.75. The summed E-state index contributed by atoms with van der Waals surface area (Å²) in [6.07, 6.45) is 4.38. The zero-order valence-corrected chi connectivity index (χ0v) is 15.6. The number of amides is 1. The van der Waals surface area contributed by atoms with Crippen molar-refractivity contribution in [2.45, 2.75) is 43.7 Å². The topological polar surface area (TPSA) is 32.8 Å². The maximum atomic E-state index is 13.2. The molecule has 0 N–H and O–H groups in total. The number of fused-ring (bicyclic) bond motifs is 2. The van der Waals surface area contributed by atoms with Gasteiger partial charge in [0.25, 0.3) is 5.91 Å². The minimum Gasteiger partial charge on any atom is -0.300 e. The molecule has 0 aromatic heterocycles. The lowest BCUT2D eigenvalue weighted by molar-refractivity contribution is -0.177. The summed E-state index contributed by atoms with van der Waals surface area (Å²) in [6.45, 7) is 1.42. The average molecular weight is 426 g/mol. The number of hydrogen-bond acceptors (Lipinski definition) is 3. The van der Waals surface area contributed by atoms with E-state index in [2.05, 4.69) is 58.8 Å². The Morgan fingerprint density at radius 2 is 2.04 bits per heavy atom. The first kappa shape index (κ1) is 15.8. The van der Waals surface area contributed by atoms with Gasteiger partial charge >= 0.3 is 0 Å². The van der Waals surface area contributed by atoms with Crippen molar-refractivity contribution >= 4 is 28.5 Å². The standard InChI is InChI=1S/C18H23IN2O2/c1-20-14-7-8-16(20)17(18(22)21-9-2-10-23-21)15(11-14)12-3-5-13(19)6-4-12/h3-6,14-17H,2,7-11H2,1H3/t14-,15+,16+,17-/m0/s1. The Kier molecular flexibility index (Phi) is 4.36. The van der Waals surface area contributed by atoms with E-state index >= 15 is 0 Å². The first-order valence-electron chi connectivity index (χ1n) is 8.57. The molecule has 1 aromatic carbocycles. The molecule has 4 rings (SSSR count). The van der Waals surface area contributed by atoms with Gasteiger partial charge in [-0.1, -0.05) is 12.1 Å². The Bertz CT molecular complexity index is 585. The molecule has 1 amide bonds. The van der Waals surface area contributed by atoms with Crippen molar-refractivity contribution in [2.75, 3.05) is 20.2 Å².